The highest BCUT2D eigenvalue weighted by Crippen LogP contribution is 1.89. The van der Waals surface area contributed by atoms with Gasteiger partial charge in [0.15, 0.2) is 5.69 Å². The molecule has 12 heavy (non-hydrogen) atoms. The van der Waals surface area contributed by atoms with Gasteiger partial charge in [-0.1, -0.05) is 11.3 Å². The molecular weight excluding hydrogens is 156 g/mol. The van der Waals surface area contributed by atoms with Crippen molar-refractivity contribution in [2.45, 2.75) is 0 Å². The molecule has 0 atom stereocenters. The summed E-state index contributed by atoms with van der Waals surface area (Å²) in [7, 11) is 1.71. The van der Waals surface area contributed by atoms with Gasteiger partial charge in [-0.2, -0.15) is 0 Å². The fourth-order valence-electron chi connectivity index (χ4n) is 0.707. The molecule has 1 N–H and O–H groups in total. The van der Waals surface area contributed by atoms with Crippen molar-refractivity contribution in [2.75, 3.05) is 6.54 Å². The third-order valence-electron chi connectivity index (χ3n) is 1.24. The van der Waals surface area contributed by atoms with Gasteiger partial charge in [0.2, 0.25) is 0 Å². The number of hydrogen-bond donors (Lipinski definition) is 1. The average Bonchev–Trinajstić information content (AvgIpc) is 2.47. The zero-order valence-electron chi connectivity index (χ0n) is 6.82. The van der Waals surface area contributed by atoms with E-state index in [2.05, 4.69) is 22.2 Å². The molecule has 1 aromatic heterocycles. The summed E-state index contributed by atoms with van der Waals surface area (Å²) in [6.07, 6.45) is 3.16. The van der Waals surface area contributed by atoms with Crippen LogP contribution in [0.4, 0.5) is 0 Å². The molecule has 0 spiro atoms. The first-order chi connectivity index (χ1) is 5.74. The summed E-state index contributed by atoms with van der Waals surface area (Å²) >= 11 is 0. The molecule has 0 fully saturated rings. The predicted octanol–water partition coefficient (Wildman–Crippen LogP) is -0.269. The lowest BCUT2D eigenvalue weighted by Crippen LogP contribution is -2.23. The lowest BCUT2D eigenvalue weighted by Gasteiger charge is -1.95. The third-order valence-corrected chi connectivity index (χ3v) is 1.24. The molecule has 0 aliphatic carbocycles. The lowest BCUT2D eigenvalue weighted by atomic mass is 10.4. The van der Waals surface area contributed by atoms with E-state index in [1.54, 1.807) is 19.3 Å². The van der Waals surface area contributed by atoms with Crippen LogP contribution in [0.15, 0.2) is 18.9 Å². The molecule has 0 saturated carbocycles. The third kappa shape index (κ3) is 1.91. The van der Waals surface area contributed by atoms with Crippen molar-refractivity contribution in [1.82, 2.24) is 20.3 Å². The zero-order chi connectivity index (χ0) is 8.97. The minimum atomic E-state index is -0.233. The van der Waals surface area contributed by atoms with Crippen LogP contribution in [-0.4, -0.2) is 27.4 Å². The van der Waals surface area contributed by atoms with E-state index in [9.17, 15) is 4.79 Å². The van der Waals surface area contributed by atoms with Crippen LogP contribution in [0, 0.1) is 0 Å². The van der Waals surface area contributed by atoms with Crippen molar-refractivity contribution in [3.63, 3.8) is 0 Å². The van der Waals surface area contributed by atoms with Crippen LogP contribution in [0.5, 0.6) is 0 Å². The summed E-state index contributed by atoms with van der Waals surface area (Å²) in [4.78, 5) is 11.1. The second kappa shape index (κ2) is 3.66. The Balaban J connectivity index is 2.59. The molecule has 5 heteroatoms. The van der Waals surface area contributed by atoms with E-state index >= 15 is 0 Å². The number of aromatic nitrogens is 3. The van der Waals surface area contributed by atoms with Gasteiger partial charge in [-0.05, 0) is 0 Å². The highest BCUT2D eigenvalue weighted by Gasteiger charge is 2.07. The second-order valence-electron chi connectivity index (χ2n) is 2.28. The molecule has 1 rings (SSSR count). The Morgan fingerprint density at radius 1 is 1.92 bits per heavy atom. The smallest absolute Gasteiger partial charge is 0.273 e. The molecule has 1 amide bonds. The van der Waals surface area contributed by atoms with Crippen molar-refractivity contribution in [1.29, 1.82) is 0 Å². The number of carbonyl (C=O) groups excluding carboxylic acids is 1. The summed E-state index contributed by atoms with van der Waals surface area (Å²) in [5.41, 5.74) is 0.319. The van der Waals surface area contributed by atoms with E-state index in [1.807, 2.05) is 0 Å². The molecule has 0 aliphatic rings. The van der Waals surface area contributed by atoms with E-state index in [4.69, 9.17) is 0 Å². The van der Waals surface area contributed by atoms with Crippen LogP contribution in [0.1, 0.15) is 10.5 Å². The Bertz CT molecular complexity index is 291. The Morgan fingerprint density at radius 2 is 2.67 bits per heavy atom. The molecular formula is C7H10N4O. The first-order valence-electron chi connectivity index (χ1n) is 3.49. The van der Waals surface area contributed by atoms with E-state index in [0.717, 1.165) is 0 Å². The van der Waals surface area contributed by atoms with Crippen LogP contribution in [0.2, 0.25) is 0 Å². The monoisotopic (exact) mass is 166 g/mol. The molecule has 5 nitrogen and oxygen atoms in total. The van der Waals surface area contributed by atoms with Crippen LogP contribution in [0.3, 0.4) is 0 Å². The van der Waals surface area contributed by atoms with Gasteiger partial charge in [0.05, 0.1) is 6.20 Å². The van der Waals surface area contributed by atoms with Gasteiger partial charge >= 0.3 is 0 Å². The molecule has 0 radical (unpaired) electrons. The highest BCUT2D eigenvalue weighted by atomic mass is 16.1. The van der Waals surface area contributed by atoms with Crippen LogP contribution in [-0.2, 0) is 7.05 Å². The molecule has 0 unspecified atom stereocenters. The number of amides is 1. The van der Waals surface area contributed by atoms with Gasteiger partial charge in [0.1, 0.15) is 0 Å². The van der Waals surface area contributed by atoms with Crippen LogP contribution < -0.4 is 5.32 Å². The number of nitrogens with one attached hydrogen (secondary N) is 1. The van der Waals surface area contributed by atoms with Crippen molar-refractivity contribution in [2.24, 2.45) is 7.05 Å². The number of nitrogens with zero attached hydrogens (tertiary/aromatic N) is 3. The summed E-state index contributed by atoms with van der Waals surface area (Å²) < 4.78 is 1.48. The fraction of sp³-hybridized carbons (Fsp3) is 0.286. The van der Waals surface area contributed by atoms with E-state index < -0.39 is 0 Å². The molecule has 64 valence electrons. The topological polar surface area (TPSA) is 59.8 Å². The molecule has 0 aliphatic heterocycles. The largest absolute Gasteiger partial charge is 0.347 e. The first kappa shape index (κ1) is 8.45. The van der Waals surface area contributed by atoms with Crippen LogP contribution in [0.25, 0.3) is 0 Å². The Kier molecular flexibility index (Phi) is 2.57. The quantitative estimate of drug-likeness (QED) is 0.629. The van der Waals surface area contributed by atoms with E-state index in [-0.39, 0.29) is 5.91 Å². The summed E-state index contributed by atoms with van der Waals surface area (Å²) in [6.45, 7) is 3.92. The SMILES string of the molecule is C=CCNC(=O)c1cn(C)nn1. The van der Waals surface area contributed by atoms with Gasteiger partial charge in [-0.3, -0.25) is 9.48 Å². The van der Waals surface area contributed by atoms with Crippen LogP contribution >= 0.6 is 0 Å². The molecule has 0 saturated heterocycles. The maximum atomic E-state index is 11.1. The van der Waals surface area contributed by atoms with Gasteiger partial charge in [0.25, 0.3) is 5.91 Å². The summed E-state index contributed by atoms with van der Waals surface area (Å²) in [5.74, 6) is -0.233. The van der Waals surface area contributed by atoms with Crippen molar-refractivity contribution in [3.05, 3.63) is 24.5 Å². The minimum Gasteiger partial charge on any atom is -0.347 e. The van der Waals surface area contributed by atoms with Crippen molar-refractivity contribution in [3.8, 4) is 0 Å². The summed E-state index contributed by atoms with van der Waals surface area (Å²) in [5, 5.41) is 9.85. The van der Waals surface area contributed by atoms with Gasteiger partial charge in [-0.25, -0.2) is 0 Å². The number of carbonyl (C=O) groups is 1. The molecule has 0 aromatic carbocycles. The Hall–Kier alpha value is -1.65. The molecule has 1 aromatic rings. The molecule has 1 heterocycles. The molecule has 0 bridgehead atoms. The number of aryl methyl sites for hydroxylation is 1. The summed E-state index contributed by atoms with van der Waals surface area (Å²) in [6, 6.07) is 0. The highest BCUT2D eigenvalue weighted by molar-refractivity contribution is 5.91. The first-order valence-corrected chi connectivity index (χ1v) is 3.49. The maximum absolute atomic E-state index is 11.1. The maximum Gasteiger partial charge on any atom is 0.273 e. The second-order valence-corrected chi connectivity index (χ2v) is 2.28. The minimum absolute atomic E-state index is 0.233. The Labute approximate surface area is 70.1 Å². The van der Waals surface area contributed by atoms with Gasteiger partial charge < -0.3 is 5.32 Å². The van der Waals surface area contributed by atoms with E-state index in [1.165, 1.54) is 4.68 Å². The lowest BCUT2D eigenvalue weighted by molar-refractivity contribution is 0.0953. The zero-order valence-corrected chi connectivity index (χ0v) is 6.82. The van der Waals surface area contributed by atoms with Gasteiger partial charge in [0, 0.05) is 13.6 Å². The van der Waals surface area contributed by atoms with E-state index in [0.29, 0.717) is 12.2 Å². The van der Waals surface area contributed by atoms with Crippen molar-refractivity contribution < 1.29 is 4.79 Å². The van der Waals surface area contributed by atoms with Gasteiger partial charge in [-0.15, -0.1) is 11.7 Å². The fourth-order valence-corrected chi connectivity index (χ4v) is 0.707. The average molecular weight is 166 g/mol. The number of hydrogen-bond acceptors (Lipinski definition) is 3. The normalized spacial score (nSPS) is 9.42. The number of rotatable bonds is 3. The standard InChI is InChI=1S/C7H10N4O/c1-3-4-8-7(12)6-5-11(2)10-9-6/h3,5H,1,4H2,2H3,(H,8,12). The Morgan fingerprint density at radius 3 is 3.17 bits per heavy atom. The van der Waals surface area contributed by atoms with Crippen molar-refractivity contribution >= 4 is 5.91 Å². The predicted molar refractivity (Wildman–Crippen MR) is 43.5 cm³/mol.